The van der Waals surface area contributed by atoms with Crippen LogP contribution < -0.4 is 16.0 Å². The molecule has 0 aromatic heterocycles. The van der Waals surface area contributed by atoms with Crippen molar-refractivity contribution in [1.29, 1.82) is 0 Å². The van der Waals surface area contributed by atoms with E-state index in [1.165, 1.54) is 32.0 Å². The van der Waals surface area contributed by atoms with Crippen LogP contribution in [0.15, 0.2) is 42.5 Å². The molecule has 0 aliphatic heterocycles. The number of hydrogen-bond donors (Lipinski definition) is 3. The van der Waals surface area contributed by atoms with Gasteiger partial charge in [0.1, 0.15) is 5.82 Å². The number of nitrogens with one attached hydrogen (secondary N) is 3. The Labute approximate surface area is 138 Å². The minimum atomic E-state index is -0.601. The first kappa shape index (κ1) is 17.1. The zero-order chi connectivity index (χ0) is 17.7. The molecule has 0 aliphatic carbocycles. The van der Waals surface area contributed by atoms with Gasteiger partial charge in [-0.1, -0.05) is 6.07 Å². The molecule has 3 amide bonds. The molecule has 6 nitrogen and oxygen atoms in total. The summed E-state index contributed by atoms with van der Waals surface area (Å²) in [6.07, 6.45) is 0. The highest BCUT2D eigenvalue weighted by Gasteiger charge is 2.10. The molecule has 0 unspecified atom stereocenters. The van der Waals surface area contributed by atoms with Gasteiger partial charge in [0.05, 0.1) is 5.69 Å². The summed E-state index contributed by atoms with van der Waals surface area (Å²) in [7, 11) is 0. The number of amides is 3. The van der Waals surface area contributed by atoms with Gasteiger partial charge in [0, 0.05) is 30.8 Å². The summed E-state index contributed by atoms with van der Waals surface area (Å²) in [5.74, 6) is -1.69. The molecule has 24 heavy (non-hydrogen) atoms. The predicted molar refractivity (Wildman–Crippen MR) is 89.4 cm³/mol. The molecule has 124 valence electrons. The Morgan fingerprint density at radius 1 is 0.833 bits per heavy atom. The molecular formula is C17H16FN3O3. The molecule has 7 heteroatoms. The van der Waals surface area contributed by atoms with Crippen LogP contribution in [0.4, 0.5) is 21.5 Å². The van der Waals surface area contributed by atoms with Crippen LogP contribution in [0, 0.1) is 5.82 Å². The molecule has 0 radical (unpaired) electrons. The normalized spacial score (nSPS) is 9.96. The van der Waals surface area contributed by atoms with Gasteiger partial charge in [-0.3, -0.25) is 14.4 Å². The van der Waals surface area contributed by atoms with Gasteiger partial charge in [-0.25, -0.2) is 4.39 Å². The van der Waals surface area contributed by atoms with Gasteiger partial charge in [-0.2, -0.15) is 0 Å². The van der Waals surface area contributed by atoms with E-state index in [2.05, 4.69) is 16.0 Å². The fourth-order valence-electron chi connectivity index (χ4n) is 2.03. The van der Waals surface area contributed by atoms with Crippen molar-refractivity contribution in [2.75, 3.05) is 16.0 Å². The second-order valence-corrected chi connectivity index (χ2v) is 5.09. The monoisotopic (exact) mass is 329 g/mol. The van der Waals surface area contributed by atoms with E-state index >= 15 is 0 Å². The van der Waals surface area contributed by atoms with E-state index in [1.54, 1.807) is 18.2 Å². The third-order valence-corrected chi connectivity index (χ3v) is 2.98. The van der Waals surface area contributed by atoms with E-state index in [4.69, 9.17) is 0 Å². The van der Waals surface area contributed by atoms with Gasteiger partial charge in [-0.15, -0.1) is 0 Å². The van der Waals surface area contributed by atoms with E-state index in [9.17, 15) is 18.8 Å². The standard InChI is InChI=1S/C17H16FN3O3/c1-10(22)19-13-5-3-4-12(8-13)17(24)21-14-6-7-15(18)16(9-14)20-11(2)23/h3-9H,1-2H3,(H,19,22)(H,20,23)(H,21,24). The zero-order valence-electron chi connectivity index (χ0n) is 13.1. The van der Waals surface area contributed by atoms with Crippen molar-refractivity contribution in [2.24, 2.45) is 0 Å². The summed E-state index contributed by atoms with van der Waals surface area (Å²) in [5.41, 5.74) is 1.13. The Morgan fingerprint density at radius 3 is 2.17 bits per heavy atom. The Hall–Kier alpha value is -3.22. The smallest absolute Gasteiger partial charge is 0.255 e. The Morgan fingerprint density at radius 2 is 1.50 bits per heavy atom. The van der Waals surface area contributed by atoms with Gasteiger partial charge in [-0.05, 0) is 36.4 Å². The molecule has 0 saturated carbocycles. The molecule has 3 N–H and O–H groups in total. The highest BCUT2D eigenvalue weighted by Crippen LogP contribution is 2.20. The fraction of sp³-hybridized carbons (Fsp3) is 0.118. The lowest BCUT2D eigenvalue weighted by Gasteiger charge is -2.10. The lowest BCUT2D eigenvalue weighted by atomic mass is 10.1. The van der Waals surface area contributed by atoms with Gasteiger partial charge in [0.2, 0.25) is 11.8 Å². The lowest BCUT2D eigenvalue weighted by molar-refractivity contribution is -0.115. The second kappa shape index (κ2) is 7.36. The van der Waals surface area contributed by atoms with Gasteiger partial charge >= 0.3 is 0 Å². The largest absolute Gasteiger partial charge is 0.326 e. The Balaban J connectivity index is 2.17. The molecule has 0 aliphatic rings. The van der Waals surface area contributed by atoms with Crippen LogP contribution in [-0.4, -0.2) is 17.7 Å². The van der Waals surface area contributed by atoms with E-state index < -0.39 is 17.6 Å². The van der Waals surface area contributed by atoms with Gasteiger partial charge < -0.3 is 16.0 Å². The summed E-state index contributed by atoms with van der Waals surface area (Å²) in [5, 5.41) is 7.54. The minimum Gasteiger partial charge on any atom is -0.326 e. The summed E-state index contributed by atoms with van der Waals surface area (Å²) < 4.78 is 13.6. The average molecular weight is 329 g/mol. The molecule has 0 bridgehead atoms. The molecule has 0 atom stereocenters. The quantitative estimate of drug-likeness (QED) is 0.806. The van der Waals surface area contributed by atoms with Crippen molar-refractivity contribution >= 4 is 34.8 Å². The highest BCUT2D eigenvalue weighted by atomic mass is 19.1. The van der Waals surface area contributed by atoms with Crippen LogP contribution in [0.2, 0.25) is 0 Å². The molecule has 0 fully saturated rings. The number of rotatable bonds is 4. The molecule has 0 heterocycles. The maximum atomic E-state index is 13.6. The predicted octanol–water partition coefficient (Wildman–Crippen LogP) is 2.99. The first-order chi connectivity index (χ1) is 11.3. The Kier molecular flexibility index (Phi) is 5.26. The summed E-state index contributed by atoms with van der Waals surface area (Å²) >= 11 is 0. The van der Waals surface area contributed by atoms with Crippen LogP contribution in [0.1, 0.15) is 24.2 Å². The van der Waals surface area contributed by atoms with E-state index in [-0.39, 0.29) is 11.6 Å². The first-order valence-electron chi connectivity index (χ1n) is 7.11. The van der Waals surface area contributed by atoms with Crippen molar-refractivity contribution in [3.05, 3.63) is 53.8 Å². The number of anilines is 3. The second-order valence-electron chi connectivity index (χ2n) is 5.09. The third-order valence-electron chi connectivity index (χ3n) is 2.98. The van der Waals surface area contributed by atoms with Gasteiger partial charge in [0.25, 0.3) is 5.91 Å². The molecule has 2 rings (SSSR count). The number of halogens is 1. The number of hydrogen-bond acceptors (Lipinski definition) is 3. The minimum absolute atomic E-state index is 0.0210. The lowest BCUT2D eigenvalue weighted by Crippen LogP contribution is -2.14. The molecule has 0 spiro atoms. The number of carbonyl (C=O) groups is 3. The summed E-state index contributed by atoms with van der Waals surface area (Å²) in [6.45, 7) is 2.63. The van der Waals surface area contributed by atoms with Crippen LogP contribution in [0.25, 0.3) is 0 Å². The van der Waals surface area contributed by atoms with E-state index in [0.29, 0.717) is 16.9 Å². The van der Waals surface area contributed by atoms with Crippen molar-refractivity contribution in [2.45, 2.75) is 13.8 Å². The van der Waals surface area contributed by atoms with E-state index in [1.807, 2.05) is 0 Å². The van der Waals surface area contributed by atoms with Crippen LogP contribution in [0.5, 0.6) is 0 Å². The number of benzene rings is 2. The number of carbonyl (C=O) groups excluding carboxylic acids is 3. The van der Waals surface area contributed by atoms with Crippen molar-refractivity contribution in [3.8, 4) is 0 Å². The van der Waals surface area contributed by atoms with Crippen molar-refractivity contribution < 1.29 is 18.8 Å². The fourth-order valence-corrected chi connectivity index (χ4v) is 2.03. The van der Waals surface area contributed by atoms with Crippen molar-refractivity contribution in [3.63, 3.8) is 0 Å². The topological polar surface area (TPSA) is 87.3 Å². The molecule has 2 aromatic rings. The maximum Gasteiger partial charge on any atom is 0.255 e. The third kappa shape index (κ3) is 4.64. The molecular weight excluding hydrogens is 313 g/mol. The Bertz CT molecular complexity index is 805. The summed E-state index contributed by atoms with van der Waals surface area (Å²) in [6, 6.07) is 10.3. The molecule has 0 saturated heterocycles. The maximum absolute atomic E-state index is 13.6. The van der Waals surface area contributed by atoms with E-state index in [0.717, 1.165) is 6.07 Å². The van der Waals surface area contributed by atoms with Crippen molar-refractivity contribution in [1.82, 2.24) is 0 Å². The van der Waals surface area contributed by atoms with Crippen LogP contribution >= 0.6 is 0 Å². The zero-order valence-corrected chi connectivity index (χ0v) is 13.1. The van der Waals surface area contributed by atoms with Crippen LogP contribution in [0.3, 0.4) is 0 Å². The van der Waals surface area contributed by atoms with Gasteiger partial charge in [0.15, 0.2) is 0 Å². The SMILES string of the molecule is CC(=O)Nc1cccc(C(=O)Nc2ccc(F)c(NC(C)=O)c2)c1. The first-order valence-corrected chi connectivity index (χ1v) is 7.11. The summed E-state index contributed by atoms with van der Waals surface area (Å²) in [4.78, 5) is 34.4. The molecule has 2 aromatic carbocycles. The average Bonchev–Trinajstić information content (AvgIpc) is 2.49. The van der Waals surface area contributed by atoms with Crippen LogP contribution in [-0.2, 0) is 9.59 Å². The highest BCUT2D eigenvalue weighted by molar-refractivity contribution is 6.05.